The summed E-state index contributed by atoms with van der Waals surface area (Å²) >= 11 is 4.91. The van der Waals surface area contributed by atoms with E-state index in [1.54, 1.807) is 11.8 Å². The van der Waals surface area contributed by atoms with Gasteiger partial charge in [-0.25, -0.2) is 0 Å². The van der Waals surface area contributed by atoms with E-state index in [0.717, 1.165) is 30.2 Å². The van der Waals surface area contributed by atoms with Crippen LogP contribution in [0.2, 0.25) is 0 Å². The molecule has 116 valence electrons. The topological polar surface area (TPSA) is 41.1 Å². The fourth-order valence-corrected chi connectivity index (χ4v) is 3.27. The van der Waals surface area contributed by atoms with Gasteiger partial charge >= 0.3 is 6.18 Å². The largest absolute Gasteiger partial charge is 0.416 e. The smallest absolute Gasteiger partial charge is 0.325 e. The Labute approximate surface area is 133 Å². The van der Waals surface area contributed by atoms with Crippen molar-refractivity contribution in [3.05, 3.63) is 28.2 Å². The van der Waals surface area contributed by atoms with Gasteiger partial charge in [-0.2, -0.15) is 24.9 Å². The number of amides is 1. The molecule has 2 N–H and O–H groups in total. The van der Waals surface area contributed by atoms with Crippen LogP contribution in [0.5, 0.6) is 0 Å². The lowest BCUT2D eigenvalue weighted by Crippen LogP contribution is -2.39. The van der Waals surface area contributed by atoms with Crippen LogP contribution in [0.15, 0.2) is 22.7 Å². The molecule has 1 heterocycles. The molecule has 3 nitrogen and oxygen atoms in total. The van der Waals surface area contributed by atoms with Crippen molar-refractivity contribution in [2.45, 2.75) is 18.6 Å². The highest BCUT2D eigenvalue weighted by atomic mass is 79.9. The molecule has 1 fully saturated rings. The normalized spacial score (nSPS) is 19.3. The summed E-state index contributed by atoms with van der Waals surface area (Å²) in [6.45, 7) is 0.843. The maximum atomic E-state index is 12.7. The van der Waals surface area contributed by atoms with Crippen molar-refractivity contribution < 1.29 is 18.0 Å². The van der Waals surface area contributed by atoms with Gasteiger partial charge in [0.2, 0.25) is 5.91 Å². The first-order valence-corrected chi connectivity index (χ1v) is 8.29. The second-order valence-corrected chi connectivity index (χ2v) is 6.67. The van der Waals surface area contributed by atoms with Gasteiger partial charge in [-0.3, -0.25) is 4.79 Å². The van der Waals surface area contributed by atoms with Crippen molar-refractivity contribution in [2.24, 2.45) is 0 Å². The van der Waals surface area contributed by atoms with Gasteiger partial charge in [-0.15, -0.1) is 0 Å². The highest BCUT2D eigenvalue weighted by molar-refractivity contribution is 9.10. The molecule has 1 aromatic rings. The molecule has 1 saturated heterocycles. The zero-order valence-electron chi connectivity index (χ0n) is 11.0. The Morgan fingerprint density at radius 2 is 2.24 bits per heavy atom. The Morgan fingerprint density at radius 3 is 2.86 bits per heavy atom. The number of thioether (sulfide) groups is 1. The molecular weight excluding hydrogens is 369 g/mol. The Hall–Kier alpha value is -0.730. The lowest BCUT2D eigenvalue weighted by molar-refractivity contribution is -0.137. The molecule has 8 heteroatoms. The first kappa shape index (κ1) is 16.6. The van der Waals surface area contributed by atoms with Gasteiger partial charge in [0.1, 0.15) is 0 Å². The number of hydrogen-bond acceptors (Lipinski definition) is 3. The summed E-state index contributed by atoms with van der Waals surface area (Å²) in [6.07, 6.45) is -4.18. The molecule has 0 aromatic heterocycles. The number of alkyl halides is 3. The van der Waals surface area contributed by atoms with Crippen LogP contribution in [-0.4, -0.2) is 30.0 Å². The minimum Gasteiger partial charge on any atom is -0.325 e. The third-order valence-corrected chi connectivity index (χ3v) is 4.82. The van der Waals surface area contributed by atoms with Crippen molar-refractivity contribution in [2.75, 3.05) is 23.4 Å². The molecule has 1 amide bonds. The highest BCUT2D eigenvalue weighted by Gasteiger charge is 2.31. The van der Waals surface area contributed by atoms with Crippen LogP contribution in [0, 0.1) is 0 Å². The number of nitrogens with one attached hydrogen (secondary N) is 2. The summed E-state index contributed by atoms with van der Waals surface area (Å²) in [6, 6.07) is 3.25. The van der Waals surface area contributed by atoms with Gasteiger partial charge < -0.3 is 10.6 Å². The average Bonchev–Trinajstić information content (AvgIpc) is 2.41. The van der Waals surface area contributed by atoms with Crippen LogP contribution in [0.25, 0.3) is 0 Å². The molecule has 0 bridgehead atoms. The summed E-state index contributed by atoms with van der Waals surface area (Å²) in [7, 11) is 0. The highest BCUT2D eigenvalue weighted by Crippen LogP contribution is 2.34. The van der Waals surface area contributed by atoms with E-state index in [4.69, 9.17) is 0 Å². The Bertz CT molecular complexity index is 519. The number of halogens is 4. The van der Waals surface area contributed by atoms with Crippen molar-refractivity contribution in [1.82, 2.24) is 5.32 Å². The maximum Gasteiger partial charge on any atom is 0.416 e. The van der Waals surface area contributed by atoms with Gasteiger partial charge in [-0.05, 0) is 34.1 Å². The molecule has 1 unspecified atom stereocenters. The molecule has 0 saturated carbocycles. The number of benzene rings is 1. The number of carbonyl (C=O) groups excluding carboxylic acids is 1. The summed E-state index contributed by atoms with van der Waals surface area (Å²) in [5.41, 5.74) is -0.648. The maximum absolute atomic E-state index is 12.7. The van der Waals surface area contributed by atoms with Crippen molar-refractivity contribution >= 4 is 39.3 Å². The molecule has 1 atom stereocenters. The Morgan fingerprint density at radius 1 is 1.48 bits per heavy atom. The molecule has 2 rings (SSSR count). The van der Waals surface area contributed by atoms with E-state index in [1.165, 1.54) is 6.07 Å². The molecule has 1 aliphatic rings. The number of carbonyl (C=O) groups is 1. The number of hydrogen-bond donors (Lipinski definition) is 2. The lowest BCUT2D eigenvalue weighted by Gasteiger charge is -2.22. The van der Waals surface area contributed by atoms with E-state index in [2.05, 4.69) is 26.6 Å². The van der Waals surface area contributed by atoms with Crippen LogP contribution in [0.3, 0.4) is 0 Å². The Kier molecular flexibility index (Phi) is 5.56. The fraction of sp³-hybridized carbons (Fsp3) is 0.462. The standard InChI is InChI=1S/C13H14BrF3N2OS/c14-10-2-1-8(13(15,16)17)5-11(10)19-12(20)6-9-7-21-4-3-18-9/h1-2,5,9,18H,3-4,6-7H2,(H,19,20). The predicted octanol–water partition coefficient (Wildman–Crippen LogP) is 3.50. The van der Waals surface area contributed by atoms with Crippen LogP contribution >= 0.6 is 27.7 Å². The monoisotopic (exact) mass is 382 g/mol. The lowest BCUT2D eigenvalue weighted by atomic mass is 10.1. The van der Waals surface area contributed by atoms with Gasteiger partial charge in [0, 0.05) is 35.0 Å². The summed E-state index contributed by atoms with van der Waals surface area (Å²) < 4.78 is 38.4. The molecule has 21 heavy (non-hydrogen) atoms. The fourth-order valence-electron chi connectivity index (χ4n) is 1.97. The molecule has 0 aliphatic carbocycles. The van der Waals surface area contributed by atoms with E-state index in [9.17, 15) is 18.0 Å². The number of anilines is 1. The van der Waals surface area contributed by atoms with Gasteiger partial charge in [0.05, 0.1) is 11.3 Å². The molecule has 1 aliphatic heterocycles. The summed E-state index contributed by atoms with van der Waals surface area (Å²) in [5.74, 6) is 1.55. The van der Waals surface area contributed by atoms with E-state index < -0.39 is 11.7 Å². The molecular formula is C13H14BrF3N2OS. The van der Waals surface area contributed by atoms with E-state index >= 15 is 0 Å². The van der Waals surface area contributed by atoms with Gasteiger partial charge in [0.15, 0.2) is 0 Å². The van der Waals surface area contributed by atoms with Crippen molar-refractivity contribution in [1.29, 1.82) is 0 Å². The Balaban J connectivity index is 2.02. The van der Waals surface area contributed by atoms with Crippen molar-refractivity contribution in [3.8, 4) is 0 Å². The van der Waals surface area contributed by atoms with E-state index in [-0.39, 0.29) is 24.1 Å². The minimum atomic E-state index is -4.43. The molecule has 0 spiro atoms. The SMILES string of the molecule is O=C(CC1CSCCN1)Nc1cc(C(F)(F)F)ccc1Br. The number of rotatable bonds is 3. The quantitative estimate of drug-likeness (QED) is 0.840. The first-order chi connectivity index (χ1) is 9.86. The van der Waals surface area contributed by atoms with Crippen LogP contribution in [0.1, 0.15) is 12.0 Å². The molecule has 1 aromatic carbocycles. The van der Waals surface area contributed by atoms with Crippen LogP contribution < -0.4 is 10.6 Å². The zero-order valence-corrected chi connectivity index (χ0v) is 13.4. The predicted molar refractivity (Wildman–Crippen MR) is 81.5 cm³/mol. The summed E-state index contributed by atoms with van der Waals surface area (Å²) in [4.78, 5) is 11.9. The van der Waals surface area contributed by atoms with Crippen LogP contribution in [-0.2, 0) is 11.0 Å². The zero-order chi connectivity index (χ0) is 15.5. The second kappa shape index (κ2) is 7.02. The summed E-state index contributed by atoms with van der Waals surface area (Å²) in [5, 5.41) is 5.75. The second-order valence-electron chi connectivity index (χ2n) is 4.67. The third kappa shape index (κ3) is 4.89. The minimum absolute atomic E-state index is 0.0633. The van der Waals surface area contributed by atoms with Gasteiger partial charge in [0.25, 0.3) is 0 Å². The third-order valence-electron chi connectivity index (χ3n) is 3.00. The van der Waals surface area contributed by atoms with E-state index in [0.29, 0.717) is 4.47 Å². The van der Waals surface area contributed by atoms with Gasteiger partial charge in [-0.1, -0.05) is 0 Å². The van der Waals surface area contributed by atoms with Crippen molar-refractivity contribution in [3.63, 3.8) is 0 Å². The first-order valence-electron chi connectivity index (χ1n) is 6.34. The van der Waals surface area contributed by atoms with Crippen LogP contribution in [0.4, 0.5) is 18.9 Å². The van der Waals surface area contributed by atoms with E-state index in [1.807, 2.05) is 0 Å². The molecule has 0 radical (unpaired) electrons. The average molecular weight is 383 g/mol.